The third kappa shape index (κ3) is 2.19. The maximum atomic E-state index is 5.49. The van der Waals surface area contributed by atoms with Crippen LogP contribution in [0.25, 0.3) is 0 Å². The first kappa shape index (κ1) is 6.81. The van der Waals surface area contributed by atoms with E-state index in [2.05, 4.69) is 13.0 Å². The van der Waals surface area contributed by atoms with Crippen LogP contribution in [-0.2, 0) is 0 Å². The molecule has 1 nitrogen and oxygen atoms in total. The topological polar surface area (TPSA) is 26.0 Å². The Labute approximate surface area is 56.9 Å². The molecule has 1 aliphatic rings. The molecule has 0 bridgehead atoms. The van der Waals surface area contributed by atoms with Gasteiger partial charge in [-0.1, -0.05) is 18.6 Å². The highest BCUT2D eigenvalue weighted by molar-refractivity contribution is 5.08. The zero-order chi connectivity index (χ0) is 6.69. The molecule has 1 heteroatoms. The lowest BCUT2D eigenvalue weighted by Crippen LogP contribution is -2.01. The van der Waals surface area contributed by atoms with Gasteiger partial charge >= 0.3 is 0 Å². The zero-order valence-corrected chi connectivity index (χ0v) is 6.06. The number of rotatable bonds is 3. The van der Waals surface area contributed by atoms with Crippen molar-refractivity contribution in [1.29, 1.82) is 0 Å². The van der Waals surface area contributed by atoms with Gasteiger partial charge in [0.05, 0.1) is 0 Å². The lowest BCUT2D eigenvalue weighted by Gasteiger charge is -1.96. The van der Waals surface area contributed by atoms with Crippen molar-refractivity contribution in [2.45, 2.75) is 26.2 Å². The van der Waals surface area contributed by atoms with Crippen molar-refractivity contribution in [1.82, 2.24) is 0 Å². The fraction of sp³-hybridized carbons (Fsp3) is 0.750. The van der Waals surface area contributed by atoms with E-state index >= 15 is 0 Å². The predicted molar refractivity (Wildman–Crippen MR) is 40.2 cm³/mol. The van der Waals surface area contributed by atoms with Crippen molar-refractivity contribution < 1.29 is 0 Å². The first-order chi connectivity index (χ1) is 4.36. The molecule has 52 valence electrons. The smallest absolute Gasteiger partial charge is 0.0136 e. The van der Waals surface area contributed by atoms with E-state index in [-0.39, 0.29) is 0 Å². The molecule has 0 unspecified atom stereocenters. The van der Waals surface area contributed by atoms with Crippen molar-refractivity contribution >= 4 is 0 Å². The first-order valence-corrected chi connectivity index (χ1v) is 3.76. The largest absolute Gasteiger partial charge is 0.327 e. The number of hydrogen-bond acceptors (Lipinski definition) is 1. The summed E-state index contributed by atoms with van der Waals surface area (Å²) in [6, 6.07) is 0. The summed E-state index contributed by atoms with van der Waals surface area (Å²) in [4.78, 5) is 0. The Hall–Kier alpha value is -0.300. The molecule has 0 aromatic carbocycles. The van der Waals surface area contributed by atoms with Crippen molar-refractivity contribution in [3.8, 4) is 0 Å². The SMILES string of the molecule is CCC(=CC1CC1)CN. The maximum absolute atomic E-state index is 5.49. The number of hydrogen-bond donors (Lipinski definition) is 1. The van der Waals surface area contributed by atoms with E-state index in [0.717, 1.165) is 18.9 Å². The van der Waals surface area contributed by atoms with E-state index in [1.807, 2.05) is 0 Å². The predicted octanol–water partition coefficient (Wildman–Crippen LogP) is 1.69. The fourth-order valence-corrected chi connectivity index (χ4v) is 0.926. The Morgan fingerprint density at radius 2 is 2.33 bits per heavy atom. The molecule has 0 aromatic rings. The number of nitrogens with two attached hydrogens (primary N) is 1. The second-order valence-corrected chi connectivity index (χ2v) is 2.72. The van der Waals surface area contributed by atoms with Gasteiger partial charge in [0.15, 0.2) is 0 Å². The summed E-state index contributed by atoms with van der Waals surface area (Å²) in [7, 11) is 0. The molecule has 1 fully saturated rings. The summed E-state index contributed by atoms with van der Waals surface area (Å²) in [5.74, 6) is 0.892. The van der Waals surface area contributed by atoms with Gasteiger partial charge in [0.25, 0.3) is 0 Å². The van der Waals surface area contributed by atoms with E-state index in [1.165, 1.54) is 18.4 Å². The molecule has 0 radical (unpaired) electrons. The van der Waals surface area contributed by atoms with E-state index in [1.54, 1.807) is 0 Å². The third-order valence-electron chi connectivity index (χ3n) is 1.81. The summed E-state index contributed by atoms with van der Waals surface area (Å²) >= 11 is 0. The summed E-state index contributed by atoms with van der Waals surface area (Å²) in [5, 5.41) is 0. The van der Waals surface area contributed by atoms with Crippen LogP contribution in [0.5, 0.6) is 0 Å². The van der Waals surface area contributed by atoms with E-state index in [9.17, 15) is 0 Å². The molecule has 0 spiro atoms. The van der Waals surface area contributed by atoms with E-state index in [4.69, 9.17) is 5.73 Å². The molecule has 0 saturated heterocycles. The average molecular weight is 125 g/mol. The average Bonchev–Trinajstić information content (AvgIpc) is 2.66. The second kappa shape index (κ2) is 3.02. The molecule has 0 atom stereocenters. The summed E-state index contributed by atoms with van der Waals surface area (Å²) in [5.41, 5.74) is 6.92. The van der Waals surface area contributed by atoms with Crippen LogP contribution in [0.4, 0.5) is 0 Å². The molecule has 2 N–H and O–H groups in total. The van der Waals surface area contributed by atoms with Crippen LogP contribution in [0.15, 0.2) is 11.6 Å². The van der Waals surface area contributed by atoms with E-state index in [0.29, 0.717) is 0 Å². The molecule has 1 rings (SSSR count). The lowest BCUT2D eigenvalue weighted by atomic mass is 10.1. The highest BCUT2D eigenvalue weighted by atomic mass is 14.5. The Bertz CT molecular complexity index is 106. The van der Waals surface area contributed by atoms with Crippen LogP contribution < -0.4 is 5.73 Å². The maximum Gasteiger partial charge on any atom is 0.0136 e. The molecule has 0 aromatic heterocycles. The van der Waals surface area contributed by atoms with Crippen molar-refractivity contribution in [3.63, 3.8) is 0 Å². The molecule has 1 aliphatic carbocycles. The minimum absolute atomic E-state index is 0.757. The van der Waals surface area contributed by atoms with Crippen LogP contribution in [-0.4, -0.2) is 6.54 Å². The third-order valence-corrected chi connectivity index (χ3v) is 1.81. The molecular formula is C8H15N. The first-order valence-electron chi connectivity index (χ1n) is 3.76. The molecule has 0 aliphatic heterocycles. The van der Waals surface area contributed by atoms with Gasteiger partial charge in [-0.15, -0.1) is 0 Å². The highest BCUT2D eigenvalue weighted by Crippen LogP contribution is 2.31. The minimum Gasteiger partial charge on any atom is -0.327 e. The van der Waals surface area contributed by atoms with Crippen LogP contribution in [0.3, 0.4) is 0 Å². The lowest BCUT2D eigenvalue weighted by molar-refractivity contribution is 0.962. The van der Waals surface area contributed by atoms with Gasteiger partial charge in [-0.05, 0) is 25.2 Å². The van der Waals surface area contributed by atoms with Gasteiger partial charge in [-0.25, -0.2) is 0 Å². The normalized spacial score (nSPS) is 20.4. The Morgan fingerprint density at radius 1 is 1.67 bits per heavy atom. The molecule has 9 heavy (non-hydrogen) atoms. The monoisotopic (exact) mass is 125 g/mol. The Balaban J connectivity index is 2.32. The molecule has 0 heterocycles. The molecule has 0 amide bonds. The van der Waals surface area contributed by atoms with Crippen LogP contribution in [0, 0.1) is 5.92 Å². The van der Waals surface area contributed by atoms with Gasteiger partial charge < -0.3 is 5.73 Å². The van der Waals surface area contributed by atoms with Crippen LogP contribution in [0.2, 0.25) is 0 Å². The van der Waals surface area contributed by atoms with Gasteiger partial charge in [0.1, 0.15) is 0 Å². The Morgan fingerprint density at radius 3 is 2.67 bits per heavy atom. The Kier molecular flexibility index (Phi) is 2.29. The summed E-state index contributed by atoms with van der Waals surface area (Å²) < 4.78 is 0. The van der Waals surface area contributed by atoms with Gasteiger partial charge in [0.2, 0.25) is 0 Å². The zero-order valence-electron chi connectivity index (χ0n) is 6.06. The van der Waals surface area contributed by atoms with Crippen molar-refractivity contribution in [2.75, 3.05) is 6.54 Å². The quantitative estimate of drug-likeness (QED) is 0.571. The van der Waals surface area contributed by atoms with E-state index < -0.39 is 0 Å². The van der Waals surface area contributed by atoms with Gasteiger partial charge in [-0.3, -0.25) is 0 Å². The summed E-state index contributed by atoms with van der Waals surface area (Å²) in [6.07, 6.45) is 6.26. The molecule has 1 saturated carbocycles. The standard InChI is InChI=1S/C8H15N/c1-2-7(6-9)5-8-3-4-8/h5,8H,2-4,6,9H2,1H3. The summed E-state index contributed by atoms with van der Waals surface area (Å²) in [6.45, 7) is 2.92. The molecular weight excluding hydrogens is 110 g/mol. The van der Waals surface area contributed by atoms with Crippen LogP contribution in [0.1, 0.15) is 26.2 Å². The second-order valence-electron chi connectivity index (χ2n) is 2.72. The fourth-order valence-electron chi connectivity index (χ4n) is 0.926. The number of allylic oxidation sites excluding steroid dienone is 1. The van der Waals surface area contributed by atoms with Gasteiger partial charge in [0, 0.05) is 6.54 Å². The highest BCUT2D eigenvalue weighted by Gasteiger charge is 2.18. The van der Waals surface area contributed by atoms with Crippen molar-refractivity contribution in [2.24, 2.45) is 11.7 Å². The van der Waals surface area contributed by atoms with Crippen molar-refractivity contribution in [3.05, 3.63) is 11.6 Å². The van der Waals surface area contributed by atoms with Gasteiger partial charge in [-0.2, -0.15) is 0 Å². The minimum atomic E-state index is 0.757. The van der Waals surface area contributed by atoms with Crippen LogP contribution >= 0.6 is 0 Å².